The SMILES string of the molecule is CC1CC(Nc2cc(N3CCN(C)CC3)nc(/C=C\c3ccccc3)n2)NN1. The number of aromatic nitrogens is 2. The number of anilines is 2. The van der Waals surface area contributed by atoms with Gasteiger partial charge in [-0.1, -0.05) is 36.4 Å². The molecular formula is C21H29N7. The van der Waals surface area contributed by atoms with E-state index in [0.29, 0.717) is 6.04 Å². The number of likely N-dealkylation sites (N-methyl/N-ethyl adjacent to an activating group) is 1. The van der Waals surface area contributed by atoms with Gasteiger partial charge in [-0.25, -0.2) is 15.4 Å². The minimum absolute atomic E-state index is 0.163. The molecule has 2 unspecified atom stereocenters. The van der Waals surface area contributed by atoms with Gasteiger partial charge in [0.1, 0.15) is 11.6 Å². The van der Waals surface area contributed by atoms with Crippen LogP contribution in [-0.2, 0) is 0 Å². The van der Waals surface area contributed by atoms with Gasteiger partial charge < -0.3 is 15.1 Å². The Morgan fingerprint density at radius 1 is 1.04 bits per heavy atom. The number of rotatable bonds is 5. The van der Waals surface area contributed by atoms with E-state index in [-0.39, 0.29) is 6.17 Å². The lowest BCUT2D eigenvalue weighted by atomic mass is 10.2. The third kappa shape index (κ3) is 4.86. The van der Waals surface area contributed by atoms with Crippen LogP contribution in [0.2, 0.25) is 0 Å². The molecule has 7 nitrogen and oxygen atoms in total. The summed E-state index contributed by atoms with van der Waals surface area (Å²) in [6.45, 7) is 6.23. The number of nitrogens with zero attached hydrogens (tertiary/aromatic N) is 4. The van der Waals surface area contributed by atoms with Crippen LogP contribution >= 0.6 is 0 Å². The molecule has 0 spiro atoms. The normalized spacial score (nSPS) is 23.4. The van der Waals surface area contributed by atoms with Crippen molar-refractivity contribution in [3.8, 4) is 0 Å². The second-order valence-electron chi connectivity index (χ2n) is 7.63. The Morgan fingerprint density at radius 3 is 2.54 bits per heavy atom. The van der Waals surface area contributed by atoms with Crippen LogP contribution in [0.25, 0.3) is 12.2 Å². The molecule has 2 aliphatic rings. The number of hydrogen-bond acceptors (Lipinski definition) is 7. The molecule has 1 aromatic carbocycles. The summed E-state index contributed by atoms with van der Waals surface area (Å²) in [5.41, 5.74) is 7.67. The van der Waals surface area contributed by atoms with Crippen LogP contribution in [0.4, 0.5) is 11.6 Å². The van der Waals surface area contributed by atoms with Crippen molar-refractivity contribution in [1.29, 1.82) is 0 Å². The smallest absolute Gasteiger partial charge is 0.156 e. The molecule has 7 heteroatoms. The zero-order chi connectivity index (χ0) is 19.3. The molecule has 0 amide bonds. The molecule has 0 bridgehead atoms. The molecule has 3 N–H and O–H groups in total. The maximum atomic E-state index is 4.82. The Labute approximate surface area is 166 Å². The zero-order valence-electron chi connectivity index (χ0n) is 16.6. The molecule has 28 heavy (non-hydrogen) atoms. The summed E-state index contributed by atoms with van der Waals surface area (Å²) in [5.74, 6) is 2.56. The highest BCUT2D eigenvalue weighted by atomic mass is 15.5. The van der Waals surface area contributed by atoms with E-state index in [2.05, 4.69) is 64.2 Å². The Kier molecular flexibility index (Phi) is 5.85. The van der Waals surface area contributed by atoms with Gasteiger partial charge in [0, 0.05) is 38.3 Å². The van der Waals surface area contributed by atoms with Crippen molar-refractivity contribution in [1.82, 2.24) is 25.7 Å². The number of hydrogen-bond donors (Lipinski definition) is 3. The largest absolute Gasteiger partial charge is 0.354 e. The second-order valence-corrected chi connectivity index (χ2v) is 7.63. The molecule has 2 fully saturated rings. The van der Waals surface area contributed by atoms with Crippen LogP contribution in [0.5, 0.6) is 0 Å². The molecule has 2 atom stereocenters. The van der Waals surface area contributed by atoms with Crippen LogP contribution in [-0.4, -0.2) is 60.3 Å². The highest BCUT2D eigenvalue weighted by molar-refractivity contribution is 5.68. The van der Waals surface area contributed by atoms with Gasteiger partial charge in [0.25, 0.3) is 0 Å². The van der Waals surface area contributed by atoms with E-state index in [1.165, 1.54) is 0 Å². The Hall–Kier alpha value is -2.48. The van der Waals surface area contributed by atoms with Gasteiger partial charge >= 0.3 is 0 Å². The van der Waals surface area contributed by atoms with E-state index in [4.69, 9.17) is 9.97 Å². The average molecular weight is 380 g/mol. The van der Waals surface area contributed by atoms with Gasteiger partial charge in [-0.15, -0.1) is 0 Å². The summed E-state index contributed by atoms with van der Waals surface area (Å²) in [7, 11) is 2.16. The van der Waals surface area contributed by atoms with Gasteiger partial charge in [0.2, 0.25) is 0 Å². The molecule has 2 aliphatic heterocycles. The minimum Gasteiger partial charge on any atom is -0.354 e. The number of piperazine rings is 1. The Balaban J connectivity index is 1.57. The first kappa shape index (κ1) is 18.9. The standard InChI is InChI=1S/C21H29N7/c1-16-14-20(26-25-16)23-19-15-21(28-12-10-27(2)11-13-28)24-18(22-19)9-8-17-6-4-3-5-7-17/h3-9,15-16,20,25-26H,10-14H2,1-2H3,(H,22,23,24)/b9-8-. The molecule has 0 aliphatic carbocycles. The molecule has 4 rings (SSSR count). The summed E-state index contributed by atoms with van der Waals surface area (Å²) in [6, 6.07) is 12.8. The maximum Gasteiger partial charge on any atom is 0.156 e. The van der Waals surface area contributed by atoms with E-state index in [1.807, 2.05) is 24.3 Å². The molecule has 0 radical (unpaired) electrons. The molecule has 3 heterocycles. The van der Waals surface area contributed by atoms with Crippen molar-refractivity contribution in [3.63, 3.8) is 0 Å². The summed E-state index contributed by atoms with van der Waals surface area (Å²) in [4.78, 5) is 14.2. The Morgan fingerprint density at radius 2 is 1.82 bits per heavy atom. The lowest BCUT2D eigenvalue weighted by molar-refractivity contribution is 0.312. The molecule has 1 aromatic heterocycles. The lowest BCUT2D eigenvalue weighted by Crippen LogP contribution is -2.45. The zero-order valence-corrected chi connectivity index (χ0v) is 16.6. The van der Waals surface area contributed by atoms with Gasteiger partial charge in [0.15, 0.2) is 5.82 Å². The highest BCUT2D eigenvalue weighted by Crippen LogP contribution is 2.20. The highest BCUT2D eigenvalue weighted by Gasteiger charge is 2.21. The monoisotopic (exact) mass is 379 g/mol. The minimum atomic E-state index is 0.163. The molecule has 2 aromatic rings. The van der Waals surface area contributed by atoms with E-state index in [0.717, 1.165) is 55.6 Å². The number of hydrazine groups is 1. The molecular weight excluding hydrogens is 350 g/mol. The fourth-order valence-corrected chi connectivity index (χ4v) is 3.52. The van der Waals surface area contributed by atoms with Crippen LogP contribution in [0.15, 0.2) is 36.4 Å². The summed E-state index contributed by atoms with van der Waals surface area (Å²) >= 11 is 0. The average Bonchev–Trinajstić information content (AvgIpc) is 3.12. The van der Waals surface area contributed by atoms with Crippen molar-refractivity contribution >= 4 is 23.8 Å². The summed E-state index contributed by atoms with van der Waals surface area (Å²) in [6.07, 6.45) is 5.22. The van der Waals surface area contributed by atoms with Crippen molar-refractivity contribution in [2.75, 3.05) is 43.4 Å². The Bertz CT molecular complexity index is 800. The van der Waals surface area contributed by atoms with Crippen LogP contribution in [0, 0.1) is 0 Å². The summed E-state index contributed by atoms with van der Waals surface area (Å²) < 4.78 is 0. The van der Waals surface area contributed by atoms with Crippen molar-refractivity contribution in [2.45, 2.75) is 25.6 Å². The second kappa shape index (κ2) is 8.68. The predicted octanol–water partition coefficient (Wildman–Crippen LogP) is 2.02. The van der Waals surface area contributed by atoms with Crippen molar-refractivity contribution < 1.29 is 0 Å². The first-order valence-corrected chi connectivity index (χ1v) is 9.99. The fourth-order valence-electron chi connectivity index (χ4n) is 3.52. The number of nitrogens with one attached hydrogen (secondary N) is 3. The third-order valence-corrected chi connectivity index (χ3v) is 5.20. The van der Waals surface area contributed by atoms with E-state index < -0.39 is 0 Å². The first-order valence-electron chi connectivity index (χ1n) is 9.99. The van der Waals surface area contributed by atoms with Crippen LogP contribution < -0.4 is 21.1 Å². The van der Waals surface area contributed by atoms with Crippen LogP contribution in [0.3, 0.4) is 0 Å². The molecule has 148 valence electrons. The van der Waals surface area contributed by atoms with Crippen LogP contribution in [0.1, 0.15) is 24.7 Å². The van der Waals surface area contributed by atoms with E-state index >= 15 is 0 Å². The maximum absolute atomic E-state index is 4.82. The fraction of sp³-hybridized carbons (Fsp3) is 0.429. The number of benzene rings is 1. The molecule has 0 saturated carbocycles. The van der Waals surface area contributed by atoms with E-state index in [1.54, 1.807) is 0 Å². The third-order valence-electron chi connectivity index (χ3n) is 5.20. The first-order chi connectivity index (χ1) is 13.7. The van der Waals surface area contributed by atoms with Gasteiger partial charge in [0.05, 0.1) is 6.17 Å². The van der Waals surface area contributed by atoms with E-state index in [9.17, 15) is 0 Å². The summed E-state index contributed by atoms with van der Waals surface area (Å²) in [5, 5.41) is 3.50. The van der Waals surface area contributed by atoms with Gasteiger partial charge in [-0.2, -0.15) is 0 Å². The van der Waals surface area contributed by atoms with Gasteiger partial charge in [-0.05, 0) is 32.0 Å². The molecule has 2 saturated heterocycles. The van der Waals surface area contributed by atoms with Crippen molar-refractivity contribution in [3.05, 3.63) is 47.8 Å². The van der Waals surface area contributed by atoms with Crippen molar-refractivity contribution in [2.24, 2.45) is 0 Å². The topological polar surface area (TPSA) is 68.3 Å². The quantitative estimate of drug-likeness (QED) is 0.734. The van der Waals surface area contributed by atoms with Gasteiger partial charge in [-0.3, -0.25) is 5.43 Å². The lowest BCUT2D eigenvalue weighted by Gasteiger charge is -2.33. The predicted molar refractivity (Wildman–Crippen MR) is 115 cm³/mol.